The molecular weight excluding hydrogens is 96.0 g/mol. The van der Waals surface area contributed by atoms with Gasteiger partial charge in [-0.1, -0.05) is 5.11 Å². The molecule has 0 aromatic heterocycles. The van der Waals surface area contributed by atoms with Crippen LogP contribution in [0.4, 0.5) is 4.79 Å². The molecular formula is C2H4N4O. The lowest BCUT2D eigenvalue weighted by Gasteiger charge is -1.98. The maximum absolute atomic E-state index is 10.1. The molecule has 0 saturated heterocycles. The highest BCUT2D eigenvalue weighted by Crippen LogP contribution is 1.94. The fourth-order valence-corrected chi connectivity index (χ4v) is 0.278. The zero-order valence-electron chi connectivity index (χ0n) is 3.53. The van der Waals surface area contributed by atoms with Crippen LogP contribution in [0.25, 0.3) is 0 Å². The van der Waals surface area contributed by atoms with Crippen molar-refractivity contribution in [1.29, 1.82) is 0 Å². The Kier molecular flexibility index (Phi) is 0.759. The molecule has 0 unspecified atom stereocenters. The third-order valence-electron chi connectivity index (χ3n) is 0.618. The number of carbonyl (C=O) groups is 1. The van der Waals surface area contributed by atoms with Gasteiger partial charge in [0.25, 0.3) is 0 Å². The number of hydrogen-bond acceptors (Lipinski definition) is 3. The Labute approximate surface area is 39.8 Å². The Hall–Kier alpha value is -0.970. The summed E-state index contributed by atoms with van der Waals surface area (Å²) in [4.78, 5) is 10.1. The normalized spacial score (nSPS) is 19.0. The minimum Gasteiger partial charge on any atom is -0.243 e. The van der Waals surface area contributed by atoms with Crippen LogP contribution in [0.1, 0.15) is 0 Å². The molecule has 0 saturated carbocycles. The Bertz CT molecular complexity index is 119. The maximum atomic E-state index is 10.1. The smallest absolute Gasteiger partial charge is 0.243 e. The van der Waals surface area contributed by atoms with Crippen molar-refractivity contribution in [2.45, 2.75) is 0 Å². The fraction of sp³-hybridized carbons (Fsp3) is 0.500. The second-order valence-corrected chi connectivity index (χ2v) is 1.14. The zero-order valence-corrected chi connectivity index (χ0v) is 3.53. The predicted molar refractivity (Wildman–Crippen MR) is 21.1 cm³/mol. The Morgan fingerprint density at radius 1 is 1.86 bits per heavy atom. The summed E-state index contributed by atoms with van der Waals surface area (Å²) >= 11 is 0. The number of urea groups is 1. The molecule has 1 aliphatic rings. The first-order chi connectivity index (χ1) is 3.30. The molecule has 1 rings (SSSR count). The van der Waals surface area contributed by atoms with Crippen LogP contribution in [0, 0.1) is 0 Å². The van der Waals surface area contributed by atoms with E-state index < -0.39 is 6.03 Å². The van der Waals surface area contributed by atoms with Crippen LogP contribution in [0.2, 0.25) is 0 Å². The molecule has 0 aliphatic carbocycles. The van der Waals surface area contributed by atoms with Crippen molar-refractivity contribution in [2.75, 3.05) is 6.67 Å². The first-order valence-electron chi connectivity index (χ1n) is 1.74. The summed E-state index contributed by atoms with van der Waals surface area (Å²) in [5.74, 6) is 4.97. The monoisotopic (exact) mass is 100 g/mol. The van der Waals surface area contributed by atoms with Gasteiger partial charge in [0.2, 0.25) is 0 Å². The van der Waals surface area contributed by atoms with E-state index in [1.807, 2.05) is 0 Å². The quantitative estimate of drug-likeness (QED) is 0.335. The van der Waals surface area contributed by atoms with Gasteiger partial charge in [-0.05, 0) is 0 Å². The lowest BCUT2D eigenvalue weighted by Crippen LogP contribution is -2.31. The Morgan fingerprint density at radius 2 is 2.57 bits per heavy atom. The summed E-state index contributed by atoms with van der Waals surface area (Å²) in [6.45, 7) is 0.193. The molecule has 0 radical (unpaired) electrons. The molecule has 0 fully saturated rings. The highest BCUT2D eigenvalue weighted by atomic mass is 16.2. The molecule has 5 nitrogen and oxygen atoms in total. The summed E-state index contributed by atoms with van der Waals surface area (Å²) in [6, 6.07) is -0.472. The van der Waals surface area contributed by atoms with Crippen LogP contribution < -0.4 is 5.84 Å². The molecule has 1 heterocycles. The van der Waals surface area contributed by atoms with Gasteiger partial charge in [0.15, 0.2) is 6.67 Å². The van der Waals surface area contributed by atoms with Crippen molar-refractivity contribution < 1.29 is 4.79 Å². The average molecular weight is 100 g/mol. The van der Waals surface area contributed by atoms with Crippen molar-refractivity contribution >= 4 is 6.03 Å². The van der Waals surface area contributed by atoms with E-state index in [1.54, 1.807) is 0 Å². The SMILES string of the molecule is NN1CN=NC1=O. The number of nitrogens with two attached hydrogens (primary N) is 1. The first-order valence-corrected chi connectivity index (χ1v) is 1.74. The number of hydrazine groups is 1. The van der Waals surface area contributed by atoms with Crippen LogP contribution in [0.3, 0.4) is 0 Å². The van der Waals surface area contributed by atoms with Crippen LogP contribution >= 0.6 is 0 Å². The summed E-state index contributed by atoms with van der Waals surface area (Å²) in [5, 5.41) is 7.36. The Balaban J connectivity index is 2.62. The summed E-state index contributed by atoms with van der Waals surface area (Å²) in [5.41, 5.74) is 0. The maximum Gasteiger partial charge on any atom is 0.377 e. The van der Waals surface area contributed by atoms with Crippen molar-refractivity contribution in [2.24, 2.45) is 16.1 Å². The standard InChI is InChI=1S/C2H4N4O/c3-6-1-4-5-2(6)7/h1,3H2. The van der Waals surface area contributed by atoms with Crippen molar-refractivity contribution in [1.82, 2.24) is 5.01 Å². The van der Waals surface area contributed by atoms with E-state index in [-0.39, 0.29) is 6.67 Å². The van der Waals surface area contributed by atoms with Gasteiger partial charge in [-0.3, -0.25) is 0 Å². The highest BCUT2D eigenvalue weighted by molar-refractivity contribution is 5.74. The number of rotatable bonds is 0. The molecule has 5 heteroatoms. The molecule has 0 bridgehead atoms. The van der Waals surface area contributed by atoms with Crippen molar-refractivity contribution in [3.05, 3.63) is 0 Å². The second-order valence-electron chi connectivity index (χ2n) is 1.14. The van der Waals surface area contributed by atoms with Gasteiger partial charge >= 0.3 is 6.03 Å². The summed E-state index contributed by atoms with van der Waals surface area (Å²) in [7, 11) is 0. The number of azo groups is 1. The van der Waals surface area contributed by atoms with E-state index >= 15 is 0 Å². The third-order valence-corrected chi connectivity index (χ3v) is 0.618. The first kappa shape index (κ1) is 4.20. The molecule has 2 amide bonds. The lowest BCUT2D eigenvalue weighted by molar-refractivity contribution is 0.219. The molecule has 0 aromatic carbocycles. The van der Waals surface area contributed by atoms with Gasteiger partial charge < -0.3 is 0 Å². The minimum absolute atomic E-state index is 0.193. The van der Waals surface area contributed by atoms with E-state index in [1.165, 1.54) is 0 Å². The molecule has 0 atom stereocenters. The molecule has 2 N–H and O–H groups in total. The van der Waals surface area contributed by atoms with Gasteiger partial charge in [-0.15, -0.1) is 0 Å². The van der Waals surface area contributed by atoms with Crippen LogP contribution in [0.15, 0.2) is 10.2 Å². The topological polar surface area (TPSA) is 71.0 Å². The molecule has 7 heavy (non-hydrogen) atoms. The van der Waals surface area contributed by atoms with Crippen LogP contribution in [-0.2, 0) is 0 Å². The van der Waals surface area contributed by atoms with Crippen molar-refractivity contribution in [3.63, 3.8) is 0 Å². The number of amides is 2. The summed E-state index contributed by atoms with van der Waals surface area (Å²) < 4.78 is 0. The number of carbonyl (C=O) groups excluding carboxylic acids is 1. The summed E-state index contributed by atoms with van der Waals surface area (Å²) in [6.07, 6.45) is 0. The Morgan fingerprint density at radius 3 is 2.71 bits per heavy atom. The number of hydrogen-bond donors (Lipinski definition) is 1. The van der Waals surface area contributed by atoms with E-state index in [2.05, 4.69) is 10.2 Å². The van der Waals surface area contributed by atoms with Crippen molar-refractivity contribution in [3.8, 4) is 0 Å². The van der Waals surface area contributed by atoms with E-state index in [0.717, 1.165) is 5.01 Å². The highest BCUT2D eigenvalue weighted by Gasteiger charge is 2.11. The second kappa shape index (κ2) is 1.27. The van der Waals surface area contributed by atoms with Crippen LogP contribution in [-0.4, -0.2) is 17.7 Å². The van der Waals surface area contributed by atoms with Crippen LogP contribution in [0.5, 0.6) is 0 Å². The van der Waals surface area contributed by atoms with Gasteiger partial charge in [-0.25, -0.2) is 15.6 Å². The zero-order chi connectivity index (χ0) is 5.28. The van der Waals surface area contributed by atoms with E-state index in [9.17, 15) is 4.79 Å². The average Bonchev–Trinajstić information content (AvgIpc) is 1.91. The molecule has 0 spiro atoms. The molecule has 1 aliphatic heterocycles. The third kappa shape index (κ3) is 0.566. The minimum atomic E-state index is -0.472. The van der Waals surface area contributed by atoms with Gasteiger partial charge in [0.05, 0.1) is 0 Å². The predicted octanol–water partition coefficient (Wildman–Crippen LogP) is -0.295. The van der Waals surface area contributed by atoms with E-state index in [4.69, 9.17) is 5.84 Å². The molecule has 38 valence electrons. The van der Waals surface area contributed by atoms with E-state index in [0.29, 0.717) is 0 Å². The number of nitrogens with zero attached hydrogens (tertiary/aromatic N) is 3. The fourth-order valence-electron chi connectivity index (χ4n) is 0.278. The van der Waals surface area contributed by atoms with Gasteiger partial charge in [0.1, 0.15) is 0 Å². The van der Waals surface area contributed by atoms with Gasteiger partial charge in [0, 0.05) is 0 Å². The lowest BCUT2D eigenvalue weighted by atomic mass is 11.0. The van der Waals surface area contributed by atoms with Gasteiger partial charge in [-0.2, -0.15) is 5.11 Å². The largest absolute Gasteiger partial charge is 0.377 e. The molecule has 0 aromatic rings.